The van der Waals surface area contributed by atoms with Crippen molar-refractivity contribution in [3.05, 3.63) is 28.5 Å². The van der Waals surface area contributed by atoms with E-state index in [9.17, 15) is 22.8 Å². The third-order valence-electron chi connectivity index (χ3n) is 9.47. The minimum absolute atomic E-state index is 0.0179. The Kier molecular flexibility index (Phi) is 6.39. The van der Waals surface area contributed by atoms with Gasteiger partial charge in [-0.05, 0) is 43.6 Å². The molecule has 0 bridgehead atoms. The van der Waals surface area contributed by atoms with Crippen molar-refractivity contribution in [2.24, 2.45) is 29.1 Å². The van der Waals surface area contributed by atoms with Crippen LogP contribution in [0.3, 0.4) is 0 Å². The number of nitrogens with one attached hydrogen (secondary N) is 1. The number of hydrogen-bond acceptors (Lipinski definition) is 8. The Morgan fingerprint density at radius 1 is 1.18 bits per heavy atom. The average molecular weight is 564 g/mol. The van der Waals surface area contributed by atoms with Gasteiger partial charge in [-0.2, -0.15) is 13.2 Å². The van der Waals surface area contributed by atoms with Gasteiger partial charge in [0, 0.05) is 47.8 Å². The Morgan fingerprint density at radius 2 is 1.92 bits per heavy atom. The number of carbonyl (C=O) groups is 2. The normalized spacial score (nSPS) is 32.7. The summed E-state index contributed by atoms with van der Waals surface area (Å²) >= 11 is 1.53. The van der Waals surface area contributed by atoms with E-state index in [1.54, 1.807) is 4.90 Å². The third-order valence-corrected chi connectivity index (χ3v) is 10.5. The largest absolute Gasteiger partial charge is 0.461 e. The Morgan fingerprint density at radius 3 is 2.64 bits per heavy atom. The number of fused-ring (bicyclic) bond motifs is 4. The zero-order chi connectivity index (χ0) is 27.7. The molecule has 6 rings (SSSR count). The molecule has 6 atom stereocenters. The molecule has 2 saturated heterocycles. The van der Waals surface area contributed by atoms with Crippen LogP contribution in [-0.2, 0) is 26.9 Å². The SMILES string of the molecule is CC1C(=O)OC2C1CCC1(C)Cc3sc(NC(=O)C4CCN(c5nccc(C(F)(F)F)n5)CC4)nc3C(C)C21. The predicted octanol–water partition coefficient (Wildman–Crippen LogP) is 5.06. The molecule has 0 radical (unpaired) electrons. The van der Waals surface area contributed by atoms with Crippen LogP contribution in [0.25, 0.3) is 0 Å². The number of ether oxygens (including phenoxy) is 1. The van der Waals surface area contributed by atoms with Gasteiger partial charge >= 0.3 is 12.1 Å². The number of rotatable bonds is 3. The molecule has 2 aliphatic carbocycles. The lowest BCUT2D eigenvalue weighted by Gasteiger charge is -2.51. The molecule has 6 unspecified atom stereocenters. The number of thiazole rings is 1. The van der Waals surface area contributed by atoms with E-state index in [0.29, 0.717) is 31.1 Å². The quantitative estimate of drug-likeness (QED) is 0.522. The highest BCUT2D eigenvalue weighted by Crippen LogP contribution is 2.59. The van der Waals surface area contributed by atoms with E-state index in [1.807, 2.05) is 6.92 Å². The van der Waals surface area contributed by atoms with Crippen LogP contribution in [-0.4, -0.2) is 46.0 Å². The van der Waals surface area contributed by atoms with Crippen LogP contribution in [0, 0.1) is 29.1 Å². The van der Waals surface area contributed by atoms with Crippen LogP contribution < -0.4 is 10.2 Å². The van der Waals surface area contributed by atoms with Gasteiger partial charge < -0.3 is 15.0 Å². The van der Waals surface area contributed by atoms with Crippen LogP contribution >= 0.6 is 11.3 Å². The number of halogens is 3. The summed E-state index contributed by atoms with van der Waals surface area (Å²) in [5.41, 5.74) is 0.0362. The number of piperidine rings is 1. The van der Waals surface area contributed by atoms with Crippen LogP contribution in [0.2, 0.25) is 0 Å². The molecule has 4 aliphatic rings. The lowest BCUT2D eigenvalue weighted by Crippen LogP contribution is -2.50. The molecule has 1 saturated carbocycles. The number of amides is 1. The fraction of sp³-hybridized carbons (Fsp3) is 0.667. The monoisotopic (exact) mass is 563 g/mol. The summed E-state index contributed by atoms with van der Waals surface area (Å²) in [6.07, 6.45) is 0.353. The van der Waals surface area contributed by atoms with E-state index in [2.05, 4.69) is 29.1 Å². The maximum atomic E-state index is 13.1. The fourth-order valence-electron chi connectivity index (χ4n) is 7.34. The van der Waals surface area contributed by atoms with E-state index >= 15 is 0 Å². The van der Waals surface area contributed by atoms with Crippen LogP contribution in [0.15, 0.2) is 12.3 Å². The average Bonchev–Trinajstić information content (AvgIpc) is 3.42. The molecule has 3 fully saturated rings. The fourth-order valence-corrected chi connectivity index (χ4v) is 8.61. The highest BCUT2D eigenvalue weighted by molar-refractivity contribution is 7.15. The second-order valence-corrected chi connectivity index (χ2v) is 12.9. The van der Waals surface area contributed by atoms with Gasteiger partial charge in [0.2, 0.25) is 11.9 Å². The number of anilines is 2. The summed E-state index contributed by atoms with van der Waals surface area (Å²) in [7, 11) is 0. The van der Waals surface area contributed by atoms with Gasteiger partial charge in [0.15, 0.2) is 5.13 Å². The summed E-state index contributed by atoms with van der Waals surface area (Å²) in [5.74, 6) is 0.0442. The van der Waals surface area contributed by atoms with Crippen LogP contribution in [0.4, 0.5) is 24.3 Å². The summed E-state index contributed by atoms with van der Waals surface area (Å²) in [6.45, 7) is 7.22. The molecule has 2 aromatic rings. The van der Waals surface area contributed by atoms with Crippen molar-refractivity contribution in [3.63, 3.8) is 0 Å². The van der Waals surface area contributed by atoms with Gasteiger partial charge in [-0.15, -0.1) is 11.3 Å². The molecule has 210 valence electrons. The maximum absolute atomic E-state index is 13.1. The minimum atomic E-state index is -4.53. The van der Waals surface area contributed by atoms with Crippen molar-refractivity contribution < 1.29 is 27.5 Å². The van der Waals surface area contributed by atoms with Gasteiger partial charge in [0.25, 0.3) is 0 Å². The van der Waals surface area contributed by atoms with Crippen LogP contribution in [0.1, 0.15) is 68.6 Å². The van der Waals surface area contributed by atoms with E-state index in [4.69, 9.17) is 9.72 Å². The molecule has 4 heterocycles. The number of hydrogen-bond donors (Lipinski definition) is 1. The maximum Gasteiger partial charge on any atom is 0.433 e. The van der Waals surface area contributed by atoms with Gasteiger partial charge in [0.05, 0.1) is 11.6 Å². The molecule has 2 aromatic heterocycles. The summed E-state index contributed by atoms with van der Waals surface area (Å²) < 4.78 is 45.0. The molecule has 12 heteroatoms. The number of esters is 1. The Hall–Kier alpha value is -2.76. The highest BCUT2D eigenvalue weighted by Gasteiger charge is 2.58. The molecule has 8 nitrogen and oxygen atoms in total. The second kappa shape index (κ2) is 9.42. The first-order valence-corrected chi connectivity index (χ1v) is 14.4. The molecule has 0 aromatic carbocycles. The van der Waals surface area contributed by atoms with Crippen molar-refractivity contribution in [2.45, 2.75) is 71.1 Å². The first kappa shape index (κ1) is 26.5. The topological polar surface area (TPSA) is 97.3 Å². The van der Waals surface area contributed by atoms with Gasteiger partial charge in [-0.3, -0.25) is 9.59 Å². The molecule has 1 amide bonds. The third kappa shape index (κ3) is 4.58. The van der Waals surface area contributed by atoms with E-state index in [0.717, 1.165) is 37.2 Å². The first-order chi connectivity index (χ1) is 18.4. The second-order valence-electron chi connectivity index (χ2n) is 11.9. The van der Waals surface area contributed by atoms with Crippen molar-refractivity contribution in [1.82, 2.24) is 15.0 Å². The van der Waals surface area contributed by atoms with Gasteiger partial charge in [-0.25, -0.2) is 15.0 Å². The number of carbonyl (C=O) groups excluding carboxylic acids is 2. The van der Waals surface area contributed by atoms with Gasteiger partial charge in [-0.1, -0.05) is 20.8 Å². The first-order valence-electron chi connectivity index (χ1n) is 13.6. The van der Waals surface area contributed by atoms with E-state index in [-0.39, 0.29) is 58.9 Å². The van der Waals surface area contributed by atoms with E-state index in [1.165, 1.54) is 16.2 Å². The van der Waals surface area contributed by atoms with Crippen molar-refractivity contribution in [2.75, 3.05) is 23.3 Å². The van der Waals surface area contributed by atoms with Crippen LogP contribution in [0.5, 0.6) is 0 Å². The smallest absolute Gasteiger partial charge is 0.433 e. The van der Waals surface area contributed by atoms with E-state index < -0.39 is 11.9 Å². The molecule has 2 aliphatic heterocycles. The minimum Gasteiger partial charge on any atom is -0.461 e. The van der Waals surface area contributed by atoms with Crippen molar-refractivity contribution in [1.29, 1.82) is 0 Å². The predicted molar refractivity (Wildman–Crippen MR) is 138 cm³/mol. The zero-order valence-corrected chi connectivity index (χ0v) is 22.9. The molecule has 1 N–H and O–H groups in total. The lowest BCUT2D eigenvalue weighted by molar-refractivity contribution is -0.150. The summed E-state index contributed by atoms with van der Waals surface area (Å²) in [4.78, 5) is 40.9. The molecule has 39 heavy (non-hydrogen) atoms. The zero-order valence-electron chi connectivity index (χ0n) is 22.1. The van der Waals surface area contributed by atoms with Gasteiger partial charge in [0.1, 0.15) is 11.8 Å². The standard InChI is InChI=1S/C27H32F3N5O3S/c1-13-16-4-8-26(3)12-17-20(14(2)19(26)21(16)38-23(13)37)33-25(39-17)34-22(36)15-6-10-35(11-7-15)24-31-9-5-18(32-24)27(28,29)30/h5,9,13-16,19,21H,4,6-8,10-12H2,1-3H3,(H,33,34,36). The Balaban J connectivity index is 1.12. The summed E-state index contributed by atoms with van der Waals surface area (Å²) in [6, 6.07) is 0.854. The molecule has 0 spiro atoms. The number of aromatic nitrogens is 3. The highest BCUT2D eigenvalue weighted by atomic mass is 32.1. The van der Waals surface area contributed by atoms with Crippen molar-refractivity contribution >= 4 is 34.3 Å². The summed E-state index contributed by atoms with van der Waals surface area (Å²) in [5, 5.41) is 3.59. The molecular weight excluding hydrogens is 531 g/mol. The Bertz CT molecular complexity index is 1290. The number of alkyl halides is 3. The Labute approximate surface area is 228 Å². The lowest BCUT2D eigenvalue weighted by atomic mass is 9.54. The molecular formula is C27H32F3N5O3S. The number of nitrogens with zero attached hydrogens (tertiary/aromatic N) is 4. The van der Waals surface area contributed by atoms with Crippen molar-refractivity contribution in [3.8, 4) is 0 Å².